The van der Waals surface area contributed by atoms with Gasteiger partial charge in [0, 0.05) is 39.0 Å². The van der Waals surface area contributed by atoms with Gasteiger partial charge in [-0.2, -0.15) is 11.8 Å². The highest BCUT2D eigenvalue weighted by molar-refractivity contribution is 7.97. The second kappa shape index (κ2) is 6.16. The van der Waals surface area contributed by atoms with Crippen LogP contribution < -0.4 is 0 Å². The second-order valence-electron chi connectivity index (χ2n) is 6.44. The van der Waals surface area contributed by atoms with E-state index in [4.69, 9.17) is 4.42 Å². The lowest BCUT2D eigenvalue weighted by molar-refractivity contribution is -0.149. The van der Waals surface area contributed by atoms with E-state index in [1.807, 2.05) is 6.26 Å². The zero-order valence-corrected chi connectivity index (χ0v) is 14.5. The monoisotopic (exact) mass is 352 g/mol. The number of furan rings is 1. The number of likely N-dealkylation sites (tertiary alicyclic amines) is 2. The van der Waals surface area contributed by atoms with Crippen LogP contribution in [-0.4, -0.2) is 65.1 Å². The molecule has 8 heteroatoms. The first kappa shape index (κ1) is 16.9. The first-order valence-electron chi connectivity index (χ1n) is 7.73. The summed E-state index contributed by atoms with van der Waals surface area (Å²) in [5.41, 5.74) is -1.07. The number of thioether (sulfide) groups is 1. The van der Waals surface area contributed by atoms with Gasteiger partial charge in [0.05, 0.1) is 5.75 Å². The van der Waals surface area contributed by atoms with Crippen molar-refractivity contribution in [2.75, 3.05) is 32.4 Å². The number of amides is 2. The number of rotatable bonds is 4. The molecular formula is C16H20N2O5S. The van der Waals surface area contributed by atoms with E-state index in [2.05, 4.69) is 0 Å². The van der Waals surface area contributed by atoms with Crippen molar-refractivity contribution < 1.29 is 23.9 Å². The maximum absolute atomic E-state index is 12.6. The molecule has 0 radical (unpaired) electrons. The molecule has 2 aliphatic rings. The average Bonchev–Trinajstić information content (AvgIpc) is 3.18. The first-order valence-corrected chi connectivity index (χ1v) is 9.12. The van der Waals surface area contributed by atoms with Gasteiger partial charge < -0.3 is 19.3 Å². The fraction of sp³-hybridized carbons (Fsp3) is 0.562. The van der Waals surface area contributed by atoms with Crippen molar-refractivity contribution in [1.29, 1.82) is 0 Å². The van der Waals surface area contributed by atoms with Crippen molar-refractivity contribution in [3.05, 3.63) is 23.7 Å². The van der Waals surface area contributed by atoms with Gasteiger partial charge in [-0.1, -0.05) is 0 Å². The average molecular weight is 352 g/mol. The summed E-state index contributed by atoms with van der Waals surface area (Å²) in [6.45, 7) is 2.40. The lowest BCUT2D eigenvalue weighted by Gasteiger charge is -2.24. The van der Waals surface area contributed by atoms with E-state index in [1.54, 1.807) is 28.8 Å². The molecule has 2 fully saturated rings. The first-order chi connectivity index (χ1) is 11.4. The van der Waals surface area contributed by atoms with Crippen molar-refractivity contribution >= 4 is 29.5 Å². The summed E-state index contributed by atoms with van der Waals surface area (Å²) < 4.78 is 5.55. The zero-order valence-electron chi connectivity index (χ0n) is 13.7. The van der Waals surface area contributed by atoms with Gasteiger partial charge >= 0.3 is 5.97 Å². The SMILES string of the molecule is CSCc1ccc(C(=O)N2C[C@@H]3CN(C(C)=O)C[C@]3(C(=O)O)C2)o1. The topological polar surface area (TPSA) is 91.1 Å². The maximum atomic E-state index is 12.6. The van der Waals surface area contributed by atoms with Crippen LogP contribution in [0, 0.1) is 11.3 Å². The number of aliphatic carboxylic acids is 1. The molecule has 0 saturated carbocycles. The Morgan fingerprint density at radius 2 is 1.96 bits per heavy atom. The van der Waals surface area contributed by atoms with Gasteiger partial charge in [0.15, 0.2) is 5.76 Å². The summed E-state index contributed by atoms with van der Waals surface area (Å²) in [7, 11) is 0. The van der Waals surface area contributed by atoms with Gasteiger partial charge in [0.2, 0.25) is 5.91 Å². The Bertz CT molecular complexity index is 688. The molecule has 0 spiro atoms. The third kappa shape index (κ3) is 2.68. The molecule has 130 valence electrons. The van der Waals surface area contributed by atoms with Crippen molar-refractivity contribution in [3.63, 3.8) is 0 Å². The van der Waals surface area contributed by atoms with E-state index >= 15 is 0 Å². The molecule has 1 aromatic rings. The molecule has 1 N–H and O–H groups in total. The molecule has 0 aliphatic carbocycles. The van der Waals surface area contributed by atoms with Crippen LogP contribution in [0.1, 0.15) is 23.2 Å². The van der Waals surface area contributed by atoms with Crippen molar-refractivity contribution in [2.45, 2.75) is 12.7 Å². The molecule has 2 aliphatic heterocycles. The van der Waals surface area contributed by atoms with Crippen molar-refractivity contribution in [3.8, 4) is 0 Å². The van der Waals surface area contributed by atoms with Crippen molar-refractivity contribution in [2.24, 2.45) is 11.3 Å². The molecule has 24 heavy (non-hydrogen) atoms. The van der Waals surface area contributed by atoms with E-state index in [-0.39, 0.29) is 36.6 Å². The normalized spacial score (nSPS) is 25.8. The van der Waals surface area contributed by atoms with E-state index in [1.165, 1.54) is 11.8 Å². The number of carbonyl (C=O) groups excluding carboxylic acids is 2. The Balaban J connectivity index is 1.77. The molecule has 0 bridgehead atoms. The van der Waals surface area contributed by atoms with E-state index in [9.17, 15) is 19.5 Å². The van der Waals surface area contributed by atoms with Crippen LogP contribution in [0.15, 0.2) is 16.5 Å². The lowest BCUT2D eigenvalue weighted by Crippen LogP contribution is -2.42. The van der Waals surface area contributed by atoms with E-state index < -0.39 is 11.4 Å². The van der Waals surface area contributed by atoms with Gasteiger partial charge in [-0.15, -0.1) is 0 Å². The van der Waals surface area contributed by atoms with E-state index in [0.29, 0.717) is 18.8 Å². The largest absolute Gasteiger partial charge is 0.481 e. The molecule has 3 rings (SSSR count). The Hall–Kier alpha value is -1.96. The van der Waals surface area contributed by atoms with Crippen LogP contribution in [0.5, 0.6) is 0 Å². The minimum Gasteiger partial charge on any atom is -0.481 e. The fourth-order valence-electron chi connectivity index (χ4n) is 3.63. The number of carboxylic acids is 1. The molecule has 3 heterocycles. The van der Waals surface area contributed by atoms with Crippen LogP contribution in [0.3, 0.4) is 0 Å². The second-order valence-corrected chi connectivity index (χ2v) is 7.31. The number of fused-ring (bicyclic) bond motifs is 1. The minimum absolute atomic E-state index is 0.105. The minimum atomic E-state index is -1.07. The fourth-order valence-corrected chi connectivity index (χ4v) is 4.07. The van der Waals surface area contributed by atoms with Gasteiger partial charge in [0.1, 0.15) is 11.2 Å². The number of nitrogens with zero attached hydrogens (tertiary/aromatic N) is 2. The molecular weight excluding hydrogens is 332 g/mol. The number of hydrogen-bond donors (Lipinski definition) is 1. The number of hydrogen-bond acceptors (Lipinski definition) is 5. The van der Waals surface area contributed by atoms with Crippen LogP contribution in [0.25, 0.3) is 0 Å². The highest BCUT2D eigenvalue weighted by Crippen LogP contribution is 2.43. The molecule has 7 nitrogen and oxygen atoms in total. The summed E-state index contributed by atoms with van der Waals surface area (Å²) in [4.78, 5) is 39.2. The lowest BCUT2D eigenvalue weighted by atomic mass is 9.81. The maximum Gasteiger partial charge on any atom is 0.313 e. The summed E-state index contributed by atoms with van der Waals surface area (Å²) in [5.74, 6) is 0.0339. The predicted molar refractivity (Wildman–Crippen MR) is 87.6 cm³/mol. The van der Waals surface area contributed by atoms with Crippen molar-refractivity contribution in [1.82, 2.24) is 9.80 Å². The molecule has 0 aromatic carbocycles. The van der Waals surface area contributed by atoms with Gasteiger partial charge in [-0.05, 0) is 18.4 Å². The highest BCUT2D eigenvalue weighted by atomic mass is 32.2. The highest BCUT2D eigenvalue weighted by Gasteiger charge is 2.59. The quantitative estimate of drug-likeness (QED) is 0.874. The summed E-state index contributed by atoms with van der Waals surface area (Å²) in [6.07, 6.45) is 1.95. The third-order valence-corrected chi connectivity index (χ3v) is 5.50. The van der Waals surface area contributed by atoms with Crippen LogP contribution >= 0.6 is 11.8 Å². The molecule has 1 aromatic heterocycles. The molecule has 0 unspecified atom stereocenters. The standard InChI is InChI=1S/C16H20N2O5S/c1-10(19)17-5-11-6-18(9-16(11,8-17)15(21)22)14(20)13-4-3-12(23-13)7-24-2/h3-4,11H,5-9H2,1-2H3,(H,21,22)/t11-,16-/m0/s1. The van der Waals surface area contributed by atoms with Gasteiger partial charge in [0.25, 0.3) is 5.91 Å². The van der Waals surface area contributed by atoms with E-state index in [0.717, 1.165) is 5.76 Å². The summed E-state index contributed by atoms with van der Waals surface area (Å²) in [6, 6.07) is 3.41. The number of carboxylic acid groups (broad SMARTS) is 1. The summed E-state index contributed by atoms with van der Waals surface area (Å²) >= 11 is 1.60. The third-order valence-electron chi connectivity index (χ3n) is 4.93. The molecule has 2 atom stereocenters. The Morgan fingerprint density at radius 1 is 1.29 bits per heavy atom. The van der Waals surface area contributed by atoms with Crippen LogP contribution in [0.4, 0.5) is 0 Å². The number of carbonyl (C=O) groups is 3. The Kier molecular flexibility index (Phi) is 4.33. The Labute approximate surface area is 144 Å². The smallest absolute Gasteiger partial charge is 0.313 e. The predicted octanol–water partition coefficient (Wildman–Crippen LogP) is 1.15. The summed E-state index contributed by atoms with van der Waals surface area (Å²) in [5, 5.41) is 9.72. The zero-order chi connectivity index (χ0) is 17.5. The Morgan fingerprint density at radius 3 is 2.54 bits per heavy atom. The van der Waals surface area contributed by atoms with Crippen LogP contribution in [-0.2, 0) is 15.3 Å². The van der Waals surface area contributed by atoms with Crippen LogP contribution in [0.2, 0.25) is 0 Å². The van der Waals surface area contributed by atoms with Gasteiger partial charge in [-0.25, -0.2) is 0 Å². The van der Waals surface area contributed by atoms with Gasteiger partial charge in [-0.3, -0.25) is 14.4 Å². The molecule has 2 amide bonds. The molecule has 2 saturated heterocycles.